The SMILES string of the molecule is C[C@H]1C/C(=N\NC(=O)c2n[nH]c(=O)c3ccccc23)c2c(O)ccc(F)c21. The highest BCUT2D eigenvalue weighted by Crippen LogP contribution is 2.39. The molecule has 0 fully saturated rings. The minimum absolute atomic E-state index is 0.0179. The lowest BCUT2D eigenvalue weighted by Gasteiger charge is -2.07. The molecule has 1 aliphatic carbocycles. The highest BCUT2D eigenvalue weighted by molar-refractivity contribution is 6.09. The molecular weight excluding hydrogens is 351 g/mol. The quantitative estimate of drug-likeness (QED) is 0.605. The van der Waals surface area contributed by atoms with Crippen molar-refractivity contribution in [2.45, 2.75) is 19.3 Å². The number of phenolic OH excluding ortho intramolecular Hbond substituents is 1. The molecule has 3 N–H and O–H groups in total. The van der Waals surface area contributed by atoms with E-state index in [1.54, 1.807) is 24.3 Å². The second-order valence-electron chi connectivity index (χ2n) is 6.41. The van der Waals surface area contributed by atoms with Gasteiger partial charge >= 0.3 is 0 Å². The van der Waals surface area contributed by atoms with E-state index in [4.69, 9.17) is 0 Å². The Morgan fingerprint density at radius 3 is 2.81 bits per heavy atom. The third-order valence-corrected chi connectivity index (χ3v) is 4.65. The van der Waals surface area contributed by atoms with Crippen molar-refractivity contribution in [1.82, 2.24) is 15.6 Å². The summed E-state index contributed by atoms with van der Waals surface area (Å²) in [5, 5.41) is 21.0. The number of aromatic hydroxyl groups is 1. The fraction of sp³-hybridized carbons (Fsp3) is 0.158. The van der Waals surface area contributed by atoms with Crippen molar-refractivity contribution in [1.29, 1.82) is 0 Å². The summed E-state index contributed by atoms with van der Waals surface area (Å²) in [6, 6.07) is 9.07. The smallest absolute Gasteiger partial charge is 0.292 e. The van der Waals surface area contributed by atoms with Gasteiger partial charge < -0.3 is 5.11 Å². The highest BCUT2D eigenvalue weighted by atomic mass is 19.1. The van der Waals surface area contributed by atoms with E-state index in [2.05, 4.69) is 20.7 Å². The van der Waals surface area contributed by atoms with Crippen LogP contribution in [0.2, 0.25) is 0 Å². The summed E-state index contributed by atoms with van der Waals surface area (Å²) >= 11 is 0. The number of nitrogens with one attached hydrogen (secondary N) is 2. The molecule has 1 atom stereocenters. The third kappa shape index (κ3) is 2.75. The summed E-state index contributed by atoms with van der Waals surface area (Å²) in [4.78, 5) is 24.4. The van der Waals surface area contributed by atoms with E-state index in [0.29, 0.717) is 34.0 Å². The van der Waals surface area contributed by atoms with Gasteiger partial charge in [0.1, 0.15) is 11.6 Å². The first-order chi connectivity index (χ1) is 13.0. The zero-order chi connectivity index (χ0) is 19.1. The van der Waals surface area contributed by atoms with Gasteiger partial charge in [-0.1, -0.05) is 25.1 Å². The van der Waals surface area contributed by atoms with Crippen LogP contribution in [-0.4, -0.2) is 26.9 Å². The predicted molar refractivity (Wildman–Crippen MR) is 97.5 cm³/mol. The number of phenols is 1. The van der Waals surface area contributed by atoms with Crippen molar-refractivity contribution >= 4 is 22.4 Å². The van der Waals surface area contributed by atoms with Gasteiger partial charge in [0.05, 0.1) is 11.1 Å². The number of hydrazone groups is 1. The summed E-state index contributed by atoms with van der Waals surface area (Å²) in [5.41, 5.74) is 3.09. The van der Waals surface area contributed by atoms with Crippen LogP contribution in [0.1, 0.15) is 40.9 Å². The Labute approximate surface area is 152 Å². The number of benzene rings is 2. The molecule has 8 heteroatoms. The highest BCUT2D eigenvalue weighted by Gasteiger charge is 2.31. The van der Waals surface area contributed by atoms with Gasteiger partial charge in [-0.15, -0.1) is 0 Å². The molecule has 136 valence electrons. The number of H-pyrrole nitrogens is 1. The van der Waals surface area contributed by atoms with Gasteiger partial charge in [-0.3, -0.25) is 9.59 Å². The Morgan fingerprint density at radius 1 is 1.30 bits per heavy atom. The first kappa shape index (κ1) is 16.9. The van der Waals surface area contributed by atoms with Crippen LogP contribution in [0.15, 0.2) is 46.3 Å². The van der Waals surface area contributed by atoms with Crippen molar-refractivity contribution < 1.29 is 14.3 Å². The lowest BCUT2D eigenvalue weighted by Crippen LogP contribution is -2.23. The molecule has 7 nitrogen and oxygen atoms in total. The number of rotatable bonds is 2. The average Bonchev–Trinajstić information content (AvgIpc) is 3.01. The second kappa shape index (κ2) is 6.31. The molecule has 1 aromatic heterocycles. The summed E-state index contributed by atoms with van der Waals surface area (Å²) < 4.78 is 14.1. The molecule has 0 spiro atoms. The maximum Gasteiger partial charge on any atom is 0.292 e. The number of hydrogen-bond donors (Lipinski definition) is 3. The molecule has 0 bridgehead atoms. The Bertz CT molecular complexity index is 1170. The Morgan fingerprint density at radius 2 is 2.04 bits per heavy atom. The van der Waals surface area contributed by atoms with Gasteiger partial charge in [0.2, 0.25) is 0 Å². The van der Waals surface area contributed by atoms with Gasteiger partial charge in [-0.2, -0.15) is 10.2 Å². The molecule has 0 aliphatic heterocycles. The predicted octanol–water partition coefficient (Wildman–Crippen LogP) is 2.41. The van der Waals surface area contributed by atoms with Crippen LogP contribution in [0.3, 0.4) is 0 Å². The number of halogens is 1. The molecule has 4 rings (SSSR count). The second-order valence-corrected chi connectivity index (χ2v) is 6.41. The van der Waals surface area contributed by atoms with Crippen LogP contribution in [0.25, 0.3) is 10.8 Å². The molecule has 0 saturated heterocycles. The Balaban J connectivity index is 1.70. The topological polar surface area (TPSA) is 107 Å². The van der Waals surface area contributed by atoms with Gasteiger partial charge in [-0.05, 0) is 30.5 Å². The van der Waals surface area contributed by atoms with Crippen LogP contribution < -0.4 is 11.0 Å². The van der Waals surface area contributed by atoms with E-state index in [1.807, 2.05) is 6.92 Å². The lowest BCUT2D eigenvalue weighted by atomic mass is 10.0. The molecule has 2 aromatic carbocycles. The molecule has 1 heterocycles. The van der Waals surface area contributed by atoms with E-state index in [9.17, 15) is 19.1 Å². The number of hydrogen-bond acceptors (Lipinski definition) is 5. The van der Waals surface area contributed by atoms with Crippen molar-refractivity contribution in [2.24, 2.45) is 5.10 Å². The monoisotopic (exact) mass is 366 g/mol. The van der Waals surface area contributed by atoms with Gasteiger partial charge in [0, 0.05) is 16.5 Å². The van der Waals surface area contributed by atoms with Gasteiger partial charge in [0.15, 0.2) is 5.69 Å². The van der Waals surface area contributed by atoms with E-state index in [1.165, 1.54) is 12.1 Å². The zero-order valence-electron chi connectivity index (χ0n) is 14.3. The van der Waals surface area contributed by atoms with Crippen molar-refractivity contribution in [2.75, 3.05) is 0 Å². The fourth-order valence-corrected chi connectivity index (χ4v) is 3.42. The van der Waals surface area contributed by atoms with Crippen LogP contribution in [0.4, 0.5) is 4.39 Å². The third-order valence-electron chi connectivity index (χ3n) is 4.65. The van der Waals surface area contributed by atoms with Crippen LogP contribution in [0.5, 0.6) is 5.75 Å². The first-order valence-electron chi connectivity index (χ1n) is 8.33. The van der Waals surface area contributed by atoms with Crippen molar-refractivity contribution in [3.63, 3.8) is 0 Å². The molecule has 27 heavy (non-hydrogen) atoms. The standard InChI is InChI=1S/C19H15FN4O3/c1-9-8-13(16-14(25)7-6-12(20)15(9)16)21-24-19(27)17-10-4-2-3-5-11(10)18(26)23-22-17/h2-7,9,25H,8H2,1H3,(H,23,26)(H,24,27)/b21-13+/t9-/m0/s1. The van der Waals surface area contributed by atoms with Crippen molar-refractivity contribution in [3.05, 3.63) is 69.4 Å². The summed E-state index contributed by atoms with van der Waals surface area (Å²) in [5.74, 6) is -1.29. The summed E-state index contributed by atoms with van der Waals surface area (Å²) in [6.45, 7) is 1.82. The fourth-order valence-electron chi connectivity index (χ4n) is 3.42. The average molecular weight is 366 g/mol. The maximum atomic E-state index is 14.1. The minimum Gasteiger partial charge on any atom is -0.507 e. The van der Waals surface area contributed by atoms with E-state index < -0.39 is 17.3 Å². The number of nitrogens with zero attached hydrogens (tertiary/aromatic N) is 2. The number of aromatic nitrogens is 2. The zero-order valence-corrected chi connectivity index (χ0v) is 14.3. The number of carbonyl (C=O) groups excluding carboxylic acids is 1. The number of amides is 1. The Hall–Kier alpha value is -3.55. The molecule has 1 aliphatic rings. The summed E-state index contributed by atoms with van der Waals surface area (Å²) in [7, 11) is 0. The normalized spacial score (nSPS) is 17.3. The lowest BCUT2D eigenvalue weighted by molar-refractivity contribution is 0.0950. The van der Waals surface area contributed by atoms with E-state index >= 15 is 0 Å². The van der Waals surface area contributed by atoms with Crippen molar-refractivity contribution in [3.8, 4) is 5.75 Å². The van der Waals surface area contributed by atoms with E-state index in [-0.39, 0.29) is 17.4 Å². The van der Waals surface area contributed by atoms with Gasteiger partial charge in [-0.25, -0.2) is 14.9 Å². The first-order valence-corrected chi connectivity index (χ1v) is 8.33. The number of aromatic amines is 1. The van der Waals surface area contributed by atoms with Crippen LogP contribution in [0, 0.1) is 5.82 Å². The molecule has 1 amide bonds. The van der Waals surface area contributed by atoms with Crippen LogP contribution in [-0.2, 0) is 0 Å². The number of carbonyl (C=O) groups is 1. The molecule has 0 radical (unpaired) electrons. The molecular formula is C19H15FN4O3. The number of fused-ring (bicyclic) bond motifs is 2. The van der Waals surface area contributed by atoms with E-state index in [0.717, 1.165) is 0 Å². The largest absolute Gasteiger partial charge is 0.507 e. The minimum atomic E-state index is -0.619. The molecule has 3 aromatic rings. The van der Waals surface area contributed by atoms with Crippen LogP contribution >= 0.6 is 0 Å². The molecule has 0 saturated carbocycles. The summed E-state index contributed by atoms with van der Waals surface area (Å²) in [6.07, 6.45) is 0.379. The maximum absolute atomic E-state index is 14.1. The molecule has 0 unspecified atom stereocenters. The van der Waals surface area contributed by atoms with Gasteiger partial charge in [0.25, 0.3) is 11.5 Å². The Kier molecular flexibility index (Phi) is 3.95.